The third-order valence-electron chi connectivity index (χ3n) is 13.9. The van der Waals surface area contributed by atoms with Gasteiger partial charge in [0.25, 0.3) is 0 Å². The molecule has 13 unspecified atom stereocenters. The molecule has 12 heteroatoms. The van der Waals surface area contributed by atoms with Gasteiger partial charge in [0.05, 0.1) is 73.8 Å². The maximum absolute atomic E-state index is 14.0. The predicted molar refractivity (Wildman–Crippen MR) is 184 cm³/mol. The molecule has 0 saturated carbocycles. The number of carbonyl (C=O) groups excluding carboxylic acids is 1. The molecule has 0 amide bonds. The molecule has 290 valence electrons. The normalized spacial score (nSPS) is 52.4. The lowest BCUT2D eigenvalue weighted by Crippen LogP contribution is -2.61. The fourth-order valence-electron chi connectivity index (χ4n) is 11.3. The number of aliphatic hydroxyl groups excluding tert-OH is 2. The lowest BCUT2D eigenvalue weighted by Gasteiger charge is -2.47. The summed E-state index contributed by atoms with van der Waals surface area (Å²) >= 11 is 0. The second-order valence-corrected chi connectivity index (χ2v) is 17.4. The zero-order valence-corrected chi connectivity index (χ0v) is 30.7. The number of Topliss-reactive ketones (excluding diaryl/α,β-unsaturated/α-hetero) is 1. The van der Waals surface area contributed by atoms with E-state index in [9.17, 15) is 15.0 Å². The van der Waals surface area contributed by atoms with Crippen LogP contribution >= 0.6 is 0 Å². The van der Waals surface area contributed by atoms with Crippen molar-refractivity contribution in [1.29, 1.82) is 0 Å². The van der Waals surface area contributed by atoms with E-state index in [1.807, 2.05) is 0 Å². The highest BCUT2D eigenvalue weighted by Crippen LogP contribution is 2.54. The maximum atomic E-state index is 14.0. The fourth-order valence-corrected chi connectivity index (χ4v) is 11.3. The van der Waals surface area contributed by atoms with Gasteiger partial charge in [0.2, 0.25) is 0 Å². The molecular formula is C40H58O12. The first-order valence-electron chi connectivity index (χ1n) is 20.1. The average molecular weight is 731 g/mol. The molecule has 0 aromatic carbocycles. The molecule has 19 atom stereocenters. The van der Waals surface area contributed by atoms with Crippen LogP contribution < -0.4 is 0 Å². The zero-order chi connectivity index (χ0) is 35.9. The Morgan fingerprint density at radius 1 is 0.788 bits per heavy atom. The molecule has 2 N–H and O–H groups in total. The minimum atomic E-state index is -0.951. The van der Waals surface area contributed by atoms with Crippen LogP contribution in [0, 0.1) is 11.8 Å². The number of fused-ring (bicyclic) bond motifs is 6. The molecule has 10 saturated heterocycles. The number of rotatable bonds is 4. The molecule has 12 nitrogen and oxygen atoms in total. The van der Waals surface area contributed by atoms with Gasteiger partial charge in [0.15, 0.2) is 5.79 Å². The Labute approximate surface area is 306 Å². The molecule has 0 radical (unpaired) electrons. The Morgan fingerprint density at radius 3 is 2.37 bits per heavy atom. The second kappa shape index (κ2) is 14.3. The summed E-state index contributed by atoms with van der Waals surface area (Å²) in [5.41, 5.74) is 2.17. The predicted octanol–water partition coefficient (Wildman–Crippen LogP) is 3.47. The van der Waals surface area contributed by atoms with Crippen LogP contribution in [0.2, 0.25) is 0 Å². The van der Waals surface area contributed by atoms with E-state index in [4.69, 9.17) is 42.6 Å². The SMILES string of the molecule is C=C1CC2CC[C@@]34C[C@H]5OC6C(OC7CCC(CC(=O)CC8[C@@H](OC)C(CC(O)CO)O[C@H]8CC8OC(CCC1O2)C[C@@H](C)C8=C)O[C@@H]7C6O3)C5O4. The van der Waals surface area contributed by atoms with Crippen LogP contribution in [-0.4, -0.2) is 133 Å². The Hall–Kier alpha value is -1.29. The summed E-state index contributed by atoms with van der Waals surface area (Å²) in [5, 5.41) is 20.1. The van der Waals surface area contributed by atoms with Crippen LogP contribution in [0.15, 0.2) is 24.3 Å². The van der Waals surface area contributed by atoms with Crippen molar-refractivity contribution in [2.24, 2.45) is 11.8 Å². The smallest absolute Gasteiger partial charge is 0.172 e. The van der Waals surface area contributed by atoms with Crippen LogP contribution in [0.4, 0.5) is 0 Å². The van der Waals surface area contributed by atoms with Gasteiger partial charge in [0.1, 0.15) is 36.3 Å². The largest absolute Gasteiger partial charge is 0.394 e. The minimum Gasteiger partial charge on any atom is -0.394 e. The number of hydrogen-bond acceptors (Lipinski definition) is 12. The third kappa shape index (κ3) is 6.59. The molecular weight excluding hydrogens is 672 g/mol. The standard InChI is InChI=1S/C40H58O12/c1-19-11-24-5-7-28-20(2)12-26(45-28)9-10-40-17-33-36(51-40)37-38(50-33)39(52-40)35-29(49-37)8-6-25(47-35)13-22(42)14-27-31(16-30(46-24)21(19)3)48-32(34(27)44-4)15-23(43)18-41/h19,23-39,41,43H,2-3,5-18H2,1,4H3/t19-,23?,24?,25?,26?,27?,28?,29?,30?,31+,32?,33-,34-,35+,36?,37?,38?,39?,40+/m1/s1. The summed E-state index contributed by atoms with van der Waals surface area (Å²) in [6.07, 6.45) is 4.01. The molecule has 52 heavy (non-hydrogen) atoms. The highest BCUT2D eigenvalue weighted by Gasteiger charge is 2.68. The van der Waals surface area contributed by atoms with E-state index < -0.39 is 24.1 Å². The molecule has 0 aromatic rings. The van der Waals surface area contributed by atoms with Gasteiger partial charge in [-0.05, 0) is 62.0 Å². The number of methoxy groups -OCH3 is 1. The molecule has 10 fully saturated rings. The maximum Gasteiger partial charge on any atom is 0.172 e. The highest BCUT2D eigenvalue weighted by molar-refractivity contribution is 5.79. The van der Waals surface area contributed by atoms with Crippen LogP contribution in [0.1, 0.15) is 90.4 Å². The van der Waals surface area contributed by atoms with Crippen molar-refractivity contribution < 1.29 is 57.6 Å². The number of carbonyl (C=O) groups is 1. The Morgan fingerprint density at radius 2 is 1.54 bits per heavy atom. The minimum absolute atomic E-state index is 0.0260. The van der Waals surface area contributed by atoms with Gasteiger partial charge in [0, 0.05) is 51.6 Å². The Bertz CT molecular complexity index is 1370. The van der Waals surface area contributed by atoms with E-state index in [1.54, 1.807) is 7.11 Å². The summed E-state index contributed by atoms with van der Waals surface area (Å²) < 4.78 is 59.8. The molecule has 10 aliphatic rings. The number of ether oxygens (including phenoxy) is 9. The Balaban J connectivity index is 0.994. The second-order valence-electron chi connectivity index (χ2n) is 17.4. The Kier molecular flexibility index (Phi) is 10.0. The molecule has 1 spiro atoms. The summed E-state index contributed by atoms with van der Waals surface area (Å²) in [4.78, 5) is 14.0. The highest BCUT2D eigenvalue weighted by atomic mass is 16.8. The molecule has 12 bridgehead atoms. The van der Waals surface area contributed by atoms with Gasteiger partial charge < -0.3 is 52.8 Å². The van der Waals surface area contributed by atoms with Gasteiger partial charge >= 0.3 is 0 Å². The van der Waals surface area contributed by atoms with Crippen molar-refractivity contribution >= 4 is 5.78 Å². The third-order valence-corrected chi connectivity index (χ3v) is 13.9. The van der Waals surface area contributed by atoms with Gasteiger partial charge in [-0.1, -0.05) is 20.1 Å². The van der Waals surface area contributed by atoms with E-state index in [2.05, 4.69) is 20.1 Å². The van der Waals surface area contributed by atoms with Crippen LogP contribution in [-0.2, 0) is 47.4 Å². The average Bonchev–Trinajstić information content (AvgIpc) is 3.79. The van der Waals surface area contributed by atoms with Gasteiger partial charge in [-0.15, -0.1) is 0 Å². The first kappa shape index (κ1) is 36.4. The molecule has 10 aliphatic heterocycles. The van der Waals surface area contributed by atoms with Gasteiger partial charge in [-0.25, -0.2) is 0 Å². The lowest BCUT2D eigenvalue weighted by molar-refractivity contribution is -0.292. The van der Waals surface area contributed by atoms with E-state index in [-0.39, 0.29) is 123 Å². The first-order chi connectivity index (χ1) is 25.1. The van der Waals surface area contributed by atoms with E-state index in [1.165, 1.54) is 0 Å². The van der Waals surface area contributed by atoms with Crippen molar-refractivity contribution in [3.63, 3.8) is 0 Å². The first-order valence-corrected chi connectivity index (χ1v) is 20.1. The van der Waals surface area contributed by atoms with E-state index in [0.29, 0.717) is 25.7 Å². The van der Waals surface area contributed by atoms with Crippen molar-refractivity contribution in [1.82, 2.24) is 0 Å². The van der Waals surface area contributed by atoms with E-state index in [0.717, 1.165) is 49.7 Å². The number of ketones is 1. The van der Waals surface area contributed by atoms with Crippen molar-refractivity contribution in [3.05, 3.63) is 24.3 Å². The number of aliphatic hydroxyl groups is 2. The summed E-state index contributed by atoms with van der Waals surface area (Å²) in [5.74, 6) is -0.709. The summed E-state index contributed by atoms with van der Waals surface area (Å²) in [6.45, 7) is 10.7. The quantitative estimate of drug-likeness (QED) is 0.410. The van der Waals surface area contributed by atoms with Crippen molar-refractivity contribution in [3.8, 4) is 0 Å². The lowest BCUT2D eigenvalue weighted by atomic mass is 9.81. The molecule has 0 aliphatic carbocycles. The fraction of sp³-hybridized carbons (Fsp3) is 0.875. The molecule has 10 rings (SSSR count). The van der Waals surface area contributed by atoms with Gasteiger partial charge in [-0.3, -0.25) is 4.79 Å². The monoisotopic (exact) mass is 730 g/mol. The summed E-state index contributed by atoms with van der Waals surface area (Å²) in [6, 6.07) is 0. The van der Waals surface area contributed by atoms with Crippen molar-refractivity contribution in [2.75, 3.05) is 13.7 Å². The zero-order valence-electron chi connectivity index (χ0n) is 30.7. The molecule has 0 aromatic heterocycles. The number of hydrogen-bond donors (Lipinski definition) is 2. The molecule has 10 heterocycles. The van der Waals surface area contributed by atoms with Crippen LogP contribution in [0.5, 0.6) is 0 Å². The van der Waals surface area contributed by atoms with E-state index >= 15 is 0 Å². The van der Waals surface area contributed by atoms with Crippen LogP contribution in [0.25, 0.3) is 0 Å². The van der Waals surface area contributed by atoms with Crippen LogP contribution in [0.3, 0.4) is 0 Å². The van der Waals surface area contributed by atoms with Gasteiger partial charge in [-0.2, -0.15) is 0 Å². The van der Waals surface area contributed by atoms with Crippen molar-refractivity contribution in [2.45, 2.75) is 194 Å². The summed E-state index contributed by atoms with van der Waals surface area (Å²) in [7, 11) is 1.63. The topological polar surface area (TPSA) is 141 Å².